The lowest BCUT2D eigenvalue weighted by molar-refractivity contribution is 1.08. The zero-order valence-corrected chi connectivity index (χ0v) is 27.6. The molecular weight excluding hydrogens is 615 g/mol. The van der Waals surface area contributed by atoms with E-state index in [1.165, 1.54) is 69.1 Å². The van der Waals surface area contributed by atoms with Crippen molar-refractivity contribution in [3.05, 3.63) is 157 Å². The maximum absolute atomic E-state index is 5.46. The molecule has 0 fully saturated rings. The molecule has 0 aliphatic rings. The Kier molecular flexibility index (Phi) is 6.11. The molecule has 0 atom stereocenters. The highest BCUT2D eigenvalue weighted by Gasteiger charge is 2.26. The van der Waals surface area contributed by atoms with E-state index >= 15 is 0 Å². The molecule has 10 rings (SSSR count). The minimum absolute atomic E-state index is 0.831. The van der Waals surface area contributed by atoms with Gasteiger partial charge in [-0.1, -0.05) is 122 Å². The van der Waals surface area contributed by atoms with E-state index in [1.807, 2.05) is 29.5 Å². The summed E-state index contributed by atoms with van der Waals surface area (Å²) in [6.07, 6.45) is 6.17. The van der Waals surface area contributed by atoms with Gasteiger partial charge < -0.3 is 0 Å². The van der Waals surface area contributed by atoms with Gasteiger partial charge in [-0.3, -0.25) is 4.57 Å². The molecule has 0 unspecified atom stereocenters. The van der Waals surface area contributed by atoms with E-state index in [1.54, 1.807) is 0 Å². The van der Waals surface area contributed by atoms with Gasteiger partial charge in [0.1, 0.15) is 5.69 Å². The van der Waals surface area contributed by atoms with Crippen molar-refractivity contribution >= 4 is 92.0 Å². The predicted octanol–water partition coefficient (Wildman–Crippen LogP) is 12.6. The first kappa shape index (κ1) is 28.0. The fourth-order valence-electron chi connectivity index (χ4n) is 7.72. The number of para-hydroxylation sites is 3. The maximum Gasteiger partial charge on any atom is 0.165 e. The molecule has 10 aromatic rings. The number of fused-ring (bicyclic) bond motifs is 11. The summed E-state index contributed by atoms with van der Waals surface area (Å²) < 4.78 is 4.90. The van der Waals surface area contributed by atoms with E-state index in [0.717, 1.165) is 33.6 Å². The molecule has 3 aromatic heterocycles. The standard InChI is InChI=1S/C45H29N3S/c1-3-4-16-32-27(2)39-34-18-9-12-21-37(34)48(43(39)44-41(32)40-33-17-8-7-14-29(33)24-25-38(40)49-44)45-42(46-35-19-10-11-20-36(35)47-45)31-23-22-28-13-5-6-15-30(28)26-31/h3-26H,1H2,2H3/b16-4-. The molecule has 3 nitrogen and oxygen atoms in total. The zero-order valence-electron chi connectivity index (χ0n) is 26.8. The van der Waals surface area contributed by atoms with Gasteiger partial charge >= 0.3 is 0 Å². The molecule has 230 valence electrons. The third-order valence-electron chi connectivity index (χ3n) is 9.90. The Hall–Kier alpha value is -6.10. The first-order valence-corrected chi connectivity index (χ1v) is 17.4. The van der Waals surface area contributed by atoms with E-state index in [9.17, 15) is 0 Å². The predicted molar refractivity (Wildman–Crippen MR) is 211 cm³/mol. The van der Waals surface area contributed by atoms with Gasteiger partial charge in [-0.25, -0.2) is 9.97 Å². The number of aryl methyl sites for hydroxylation is 1. The summed E-state index contributed by atoms with van der Waals surface area (Å²) in [4.78, 5) is 10.8. The lowest BCUT2D eigenvalue weighted by Gasteiger charge is -2.15. The van der Waals surface area contributed by atoms with Gasteiger partial charge in [0, 0.05) is 31.8 Å². The molecule has 7 aromatic carbocycles. The number of aromatic nitrogens is 3. The van der Waals surface area contributed by atoms with Gasteiger partial charge in [-0.05, 0) is 69.9 Å². The largest absolute Gasteiger partial charge is 0.290 e. The Morgan fingerprint density at radius 2 is 1.35 bits per heavy atom. The van der Waals surface area contributed by atoms with Crippen molar-refractivity contribution in [2.24, 2.45) is 0 Å². The van der Waals surface area contributed by atoms with Crippen molar-refractivity contribution in [2.45, 2.75) is 6.92 Å². The van der Waals surface area contributed by atoms with Gasteiger partial charge in [0.15, 0.2) is 5.82 Å². The first-order valence-electron chi connectivity index (χ1n) is 16.5. The number of hydrogen-bond donors (Lipinski definition) is 0. The molecule has 0 spiro atoms. The Morgan fingerprint density at radius 1 is 0.653 bits per heavy atom. The second kappa shape index (κ2) is 10.7. The number of thiophene rings is 1. The van der Waals surface area contributed by atoms with Crippen LogP contribution in [0.15, 0.2) is 146 Å². The Labute approximate surface area is 286 Å². The van der Waals surface area contributed by atoms with Crippen LogP contribution < -0.4 is 0 Å². The summed E-state index contributed by atoms with van der Waals surface area (Å²) in [6.45, 7) is 6.29. The Balaban J connectivity index is 1.44. The quantitative estimate of drug-likeness (QED) is 0.179. The molecule has 4 heteroatoms. The van der Waals surface area contributed by atoms with Gasteiger partial charge in [-0.2, -0.15) is 0 Å². The average Bonchev–Trinajstić information content (AvgIpc) is 3.71. The fourth-order valence-corrected chi connectivity index (χ4v) is 8.99. The number of hydrogen-bond acceptors (Lipinski definition) is 3. The minimum Gasteiger partial charge on any atom is -0.290 e. The molecule has 0 aliphatic heterocycles. The highest BCUT2D eigenvalue weighted by molar-refractivity contribution is 7.27. The van der Waals surface area contributed by atoms with E-state index in [4.69, 9.17) is 9.97 Å². The fraction of sp³-hybridized carbons (Fsp3) is 0.0222. The summed E-state index contributed by atoms with van der Waals surface area (Å²) in [5, 5.41) is 9.89. The van der Waals surface area contributed by atoms with E-state index in [2.05, 4.69) is 145 Å². The second-order valence-corrected chi connectivity index (χ2v) is 13.7. The van der Waals surface area contributed by atoms with Crippen molar-refractivity contribution in [3.63, 3.8) is 0 Å². The van der Waals surface area contributed by atoms with Crippen molar-refractivity contribution in [3.8, 4) is 17.1 Å². The van der Waals surface area contributed by atoms with Crippen molar-refractivity contribution in [2.75, 3.05) is 0 Å². The SMILES string of the molecule is C=C/C=C\c1c(C)c2c3ccccc3n(-c3nc4ccccc4nc3-c3ccc4ccccc4c3)c2c2sc3ccc4ccccc4c3c12. The van der Waals surface area contributed by atoms with Crippen LogP contribution in [-0.4, -0.2) is 14.5 Å². The molecule has 0 saturated heterocycles. The van der Waals surface area contributed by atoms with Crippen molar-refractivity contribution < 1.29 is 0 Å². The van der Waals surface area contributed by atoms with Crippen LogP contribution in [0.4, 0.5) is 0 Å². The Bertz CT molecular complexity index is 3030. The maximum atomic E-state index is 5.46. The van der Waals surface area contributed by atoms with Crippen molar-refractivity contribution in [1.82, 2.24) is 14.5 Å². The molecule has 0 saturated carbocycles. The average molecular weight is 644 g/mol. The molecule has 3 heterocycles. The molecule has 0 aliphatic carbocycles. The van der Waals surface area contributed by atoms with Crippen LogP contribution in [0.5, 0.6) is 0 Å². The summed E-state index contributed by atoms with van der Waals surface area (Å²) >= 11 is 1.86. The number of allylic oxidation sites excluding steroid dienone is 2. The summed E-state index contributed by atoms with van der Waals surface area (Å²) in [5.74, 6) is 0.831. The Morgan fingerprint density at radius 3 is 2.18 bits per heavy atom. The lowest BCUT2D eigenvalue weighted by Crippen LogP contribution is -2.04. The van der Waals surface area contributed by atoms with Gasteiger partial charge in [0.05, 0.1) is 26.8 Å². The summed E-state index contributed by atoms with van der Waals surface area (Å²) in [5.41, 5.74) is 8.40. The molecule has 0 N–H and O–H groups in total. The van der Waals surface area contributed by atoms with Crippen LogP contribution in [0.2, 0.25) is 0 Å². The van der Waals surface area contributed by atoms with Crippen LogP contribution in [0, 0.1) is 6.92 Å². The van der Waals surface area contributed by atoms with Gasteiger partial charge in [0.25, 0.3) is 0 Å². The smallest absolute Gasteiger partial charge is 0.165 e. The van der Waals surface area contributed by atoms with Gasteiger partial charge in [0.2, 0.25) is 0 Å². The third kappa shape index (κ3) is 4.08. The number of benzene rings is 7. The van der Waals surface area contributed by atoms with E-state index in [-0.39, 0.29) is 0 Å². The first-order chi connectivity index (χ1) is 24.2. The lowest BCUT2D eigenvalue weighted by atomic mass is 9.94. The molecule has 0 radical (unpaired) electrons. The van der Waals surface area contributed by atoms with E-state index < -0.39 is 0 Å². The van der Waals surface area contributed by atoms with Gasteiger partial charge in [-0.15, -0.1) is 11.3 Å². The monoisotopic (exact) mass is 643 g/mol. The van der Waals surface area contributed by atoms with Crippen LogP contribution in [0.1, 0.15) is 11.1 Å². The number of rotatable bonds is 4. The van der Waals surface area contributed by atoms with Crippen molar-refractivity contribution in [1.29, 1.82) is 0 Å². The second-order valence-electron chi connectivity index (χ2n) is 12.6. The topological polar surface area (TPSA) is 30.7 Å². The molecule has 49 heavy (non-hydrogen) atoms. The normalized spacial score (nSPS) is 12.2. The number of nitrogens with zero attached hydrogens (tertiary/aromatic N) is 3. The third-order valence-corrected chi connectivity index (χ3v) is 11.1. The molecule has 0 bridgehead atoms. The highest BCUT2D eigenvalue weighted by atomic mass is 32.1. The summed E-state index contributed by atoms with van der Waals surface area (Å²) in [6, 6.07) is 45.3. The van der Waals surface area contributed by atoms with Crippen LogP contribution >= 0.6 is 11.3 Å². The highest BCUT2D eigenvalue weighted by Crippen LogP contribution is 2.49. The molecular formula is C45H29N3S. The molecule has 0 amide bonds. The zero-order chi connectivity index (χ0) is 32.6. The van der Waals surface area contributed by atoms with Crippen LogP contribution in [0.25, 0.3) is 97.7 Å². The summed E-state index contributed by atoms with van der Waals surface area (Å²) in [7, 11) is 0. The van der Waals surface area contributed by atoms with Crippen LogP contribution in [-0.2, 0) is 0 Å². The minimum atomic E-state index is 0.831. The van der Waals surface area contributed by atoms with Crippen LogP contribution in [0.3, 0.4) is 0 Å². The van der Waals surface area contributed by atoms with E-state index in [0.29, 0.717) is 0 Å².